The lowest BCUT2D eigenvalue weighted by Gasteiger charge is -2.18. The Morgan fingerprint density at radius 3 is 2.35 bits per heavy atom. The number of nitrogen functional groups attached to an aromatic ring is 2. The lowest BCUT2D eigenvalue weighted by atomic mass is 9.86. The summed E-state index contributed by atoms with van der Waals surface area (Å²) in [5.74, 6) is 0.440. The SMILES string of the molecule is CC(C)(C)c1ccc(-c2cn(/N=C3\CCc4c(C(=N)N)cccc43)c(N)n2)cc1.Cl.Cl. The highest BCUT2D eigenvalue weighted by molar-refractivity contribution is 6.08. The van der Waals surface area contributed by atoms with Crippen molar-refractivity contribution in [2.45, 2.75) is 39.0 Å². The molecule has 0 fully saturated rings. The third kappa shape index (κ3) is 4.75. The fourth-order valence-electron chi connectivity index (χ4n) is 3.74. The topological polar surface area (TPSA) is 106 Å². The number of hydrogen-bond acceptors (Lipinski definition) is 4. The molecule has 1 aliphatic rings. The van der Waals surface area contributed by atoms with Crippen molar-refractivity contribution in [3.8, 4) is 11.3 Å². The van der Waals surface area contributed by atoms with Crippen LogP contribution in [0.3, 0.4) is 0 Å². The Balaban J connectivity index is 0.00000171. The molecular formula is C23H28Cl2N6. The third-order valence-electron chi connectivity index (χ3n) is 5.38. The molecule has 1 heterocycles. The van der Waals surface area contributed by atoms with E-state index in [0.717, 1.165) is 46.5 Å². The van der Waals surface area contributed by atoms with Gasteiger partial charge in [0.1, 0.15) is 5.84 Å². The van der Waals surface area contributed by atoms with Crippen molar-refractivity contribution in [3.05, 3.63) is 70.9 Å². The van der Waals surface area contributed by atoms with Crippen molar-refractivity contribution in [2.24, 2.45) is 10.8 Å². The summed E-state index contributed by atoms with van der Waals surface area (Å²) < 4.78 is 1.64. The first-order valence-electron chi connectivity index (χ1n) is 9.74. The zero-order valence-electron chi connectivity index (χ0n) is 17.8. The van der Waals surface area contributed by atoms with E-state index in [0.29, 0.717) is 5.95 Å². The van der Waals surface area contributed by atoms with Crippen LogP contribution in [0.4, 0.5) is 5.95 Å². The molecular weight excluding hydrogens is 431 g/mol. The van der Waals surface area contributed by atoms with Crippen LogP contribution in [0.2, 0.25) is 0 Å². The van der Waals surface area contributed by atoms with E-state index in [1.807, 2.05) is 24.4 Å². The number of imidazole rings is 1. The van der Waals surface area contributed by atoms with E-state index in [2.05, 4.69) is 50.0 Å². The molecule has 0 saturated carbocycles. The minimum Gasteiger partial charge on any atom is -0.384 e. The molecule has 4 rings (SSSR count). The number of amidine groups is 1. The van der Waals surface area contributed by atoms with E-state index in [1.54, 1.807) is 4.68 Å². The van der Waals surface area contributed by atoms with Crippen LogP contribution in [0.25, 0.3) is 11.3 Å². The van der Waals surface area contributed by atoms with Crippen LogP contribution >= 0.6 is 24.8 Å². The van der Waals surface area contributed by atoms with Crippen LogP contribution < -0.4 is 11.5 Å². The van der Waals surface area contributed by atoms with Crippen molar-refractivity contribution in [2.75, 3.05) is 5.73 Å². The van der Waals surface area contributed by atoms with Gasteiger partial charge < -0.3 is 11.5 Å². The molecule has 1 aromatic heterocycles. The van der Waals surface area contributed by atoms with Gasteiger partial charge in [0.15, 0.2) is 0 Å². The molecule has 0 saturated heterocycles. The smallest absolute Gasteiger partial charge is 0.221 e. The Labute approximate surface area is 195 Å². The quantitative estimate of drug-likeness (QED) is 0.389. The van der Waals surface area contributed by atoms with Gasteiger partial charge in [0.05, 0.1) is 17.6 Å². The lowest BCUT2D eigenvalue weighted by molar-refractivity contribution is 0.590. The number of nitrogens with two attached hydrogens (primary N) is 2. The van der Waals surface area contributed by atoms with Gasteiger partial charge in [-0.2, -0.15) is 5.10 Å². The van der Waals surface area contributed by atoms with Crippen LogP contribution in [0.1, 0.15) is 49.4 Å². The molecule has 8 heteroatoms. The fraction of sp³-hybridized carbons (Fsp3) is 0.261. The zero-order valence-corrected chi connectivity index (χ0v) is 19.5. The average molecular weight is 459 g/mol. The predicted octanol–water partition coefficient (Wildman–Crippen LogP) is 4.76. The third-order valence-corrected chi connectivity index (χ3v) is 5.38. The van der Waals surface area contributed by atoms with E-state index in [9.17, 15) is 0 Å². The molecule has 6 nitrogen and oxygen atoms in total. The van der Waals surface area contributed by atoms with Crippen molar-refractivity contribution >= 4 is 42.3 Å². The minimum atomic E-state index is 0. The fourth-order valence-corrected chi connectivity index (χ4v) is 3.74. The van der Waals surface area contributed by atoms with Gasteiger partial charge in [0, 0.05) is 16.7 Å². The van der Waals surface area contributed by atoms with Crippen molar-refractivity contribution < 1.29 is 0 Å². The summed E-state index contributed by atoms with van der Waals surface area (Å²) in [6, 6.07) is 14.2. The Kier molecular flexibility index (Phi) is 7.19. The largest absolute Gasteiger partial charge is 0.384 e. The first-order chi connectivity index (χ1) is 13.7. The molecule has 2 aromatic carbocycles. The highest BCUT2D eigenvalue weighted by Gasteiger charge is 2.22. The molecule has 0 unspecified atom stereocenters. The second-order valence-corrected chi connectivity index (χ2v) is 8.45. The molecule has 0 bridgehead atoms. The van der Waals surface area contributed by atoms with E-state index in [4.69, 9.17) is 22.0 Å². The number of fused-ring (bicyclic) bond motifs is 1. The first-order valence-corrected chi connectivity index (χ1v) is 9.74. The van der Waals surface area contributed by atoms with E-state index in [1.165, 1.54) is 5.56 Å². The van der Waals surface area contributed by atoms with E-state index >= 15 is 0 Å². The lowest BCUT2D eigenvalue weighted by Crippen LogP contribution is -2.13. The number of nitrogens with one attached hydrogen (secondary N) is 1. The molecule has 164 valence electrons. The monoisotopic (exact) mass is 458 g/mol. The van der Waals surface area contributed by atoms with Gasteiger partial charge in [-0.15, -0.1) is 24.8 Å². The molecule has 5 N–H and O–H groups in total. The summed E-state index contributed by atoms with van der Waals surface area (Å²) in [4.78, 5) is 4.50. The second-order valence-electron chi connectivity index (χ2n) is 8.45. The van der Waals surface area contributed by atoms with Gasteiger partial charge >= 0.3 is 0 Å². The van der Waals surface area contributed by atoms with Gasteiger partial charge in [0.25, 0.3) is 0 Å². The normalized spacial score (nSPS) is 14.0. The highest BCUT2D eigenvalue weighted by Crippen LogP contribution is 2.28. The molecule has 3 aromatic rings. The summed E-state index contributed by atoms with van der Waals surface area (Å²) in [5.41, 5.74) is 18.9. The Morgan fingerprint density at radius 2 is 1.74 bits per heavy atom. The Bertz CT molecular complexity index is 1120. The maximum Gasteiger partial charge on any atom is 0.221 e. The van der Waals surface area contributed by atoms with Crippen molar-refractivity contribution in [3.63, 3.8) is 0 Å². The van der Waals surface area contributed by atoms with Crippen LogP contribution in [0.15, 0.2) is 53.8 Å². The predicted molar refractivity (Wildman–Crippen MR) is 133 cm³/mol. The highest BCUT2D eigenvalue weighted by atomic mass is 35.5. The number of nitrogens with zero attached hydrogens (tertiary/aromatic N) is 3. The summed E-state index contributed by atoms with van der Waals surface area (Å²) in [7, 11) is 0. The summed E-state index contributed by atoms with van der Waals surface area (Å²) in [5, 5.41) is 12.5. The first kappa shape index (κ1) is 24.4. The van der Waals surface area contributed by atoms with E-state index < -0.39 is 0 Å². The van der Waals surface area contributed by atoms with Gasteiger partial charge in [-0.25, -0.2) is 9.66 Å². The van der Waals surface area contributed by atoms with Gasteiger partial charge in [-0.1, -0.05) is 63.2 Å². The van der Waals surface area contributed by atoms with Crippen LogP contribution in [0, 0.1) is 5.41 Å². The van der Waals surface area contributed by atoms with Gasteiger partial charge in [-0.3, -0.25) is 5.41 Å². The average Bonchev–Trinajstić information content (AvgIpc) is 3.25. The Morgan fingerprint density at radius 1 is 1.06 bits per heavy atom. The van der Waals surface area contributed by atoms with Crippen LogP contribution in [-0.4, -0.2) is 21.2 Å². The molecule has 1 aliphatic carbocycles. The molecule has 31 heavy (non-hydrogen) atoms. The maximum absolute atomic E-state index is 7.78. The van der Waals surface area contributed by atoms with E-state index in [-0.39, 0.29) is 36.1 Å². The standard InChI is InChI=1S/C23H26N6.2ClH/c1-23(2,3)15-9-7-14(8-10-15)20-13-29(22(26)27-20)28-19-12-11-16-17(19)5-4-6-18(16)21(24)25;;/h4-10,13H,11-12H2,1-3H3,(H3,24,25)(H2,26,27);2*1H/b28-19+;;. The van der Waals surface area contributed by atoms with Gasteiger partial charge in [0.2, 0.25) is 5.95 Å². The number of hydrogen-bond donors (Lipinski definition) is 3. The second kappa shape index (κ2) is 9.12. The molecule has 0 amide bonds. The maximum atomic E-state index is 7.78. The molecule has 0 aliphatic heterocycles. The Hall–Kier alpha value is -2.83. The minimum absolute atomic E-state index is 0. The van der Waals surface area contributed by atoms with Crippen molar-refractivity contribution in [1.29, 1.82) is 5.41 Å². The number of halogens is 2. The molecule has 0 radical (unpaired) electrons. The molecule has 0 spiro atoms. The van der Waals surface area contributed by atoms with Crippen LogP contribution in [0.5, 0.6) is 0 Å². The summed E-state index contributed by atoms with van der Waals surface area (Å²) in [6.45, 7) is 6.59. The van der Waals surface area contributed by atoms with Crippen molar-refractivity contribution in [1.82, 2.24) is 9.66 Å². The number of benzene rings is 2. The summed E-state index contributed by atoms with van der Waals surface area (Å²) in [6.07, 6.45) is 3.47. The van der Waals surface area contributed by atoms with Gasteiger partial charge in [-0.05, 0) is 29.4 Å². The number of anilines is 1. The number of rotatable bonds is 3. The van der Waals surface area contributed by atoms with Crippen LogP contribution in [-0.2, 0) is 11.8 Å². The molecule has 0 atom stereocenters. The zero-order chi connectivity index (χ0) is 20.8. The summed E-state index contributed by atoms with van der Waals surface area (Å²) >= 11 is 0. The number of aromatic nitrogens is 2.